The Bertz CT molecular complexity index is 1080. The van der Waals surface area contributed by atoms with Gasteiger partial charge in [0.1, 0.15) is 6.61 Å². The molecular formula is C25H21BrClNO2. The molecule has 30 heavy (non-hydrogen) atoms. The highest BCUT2D eigenvalue weighted by Crippen LogP contribution is 2.38. The highest BCUT2D eigenvalue weighted by molar-refractivity contribution is 9.10. The molecule has 0 heterocycles. The maximum atomic E-state index is 9.62. The lowest BCUT2D eigenvalue weighted by molar-refractivity contribution is 0.267. The molecule has 0 unspecified atom stereocenters. The van der Waals surface area contributed by atoms with Crippen LogP contribution >= 0.6 is 27.5 Å². The highest BCUT2D eigenvalue weighted by atomic mass is 79.9. The fourth-order valence-electron chi connectivity index (χ4n) is 2.89. The zero-order valence-electron chi connectivity index (χ0n) is 16.8. The van der Waals surface area contributed by atoms with E-state index in [1.165, 1.54) is 5.56 Å². The molecule has 152 valence electrons. The molecule has 3 nitrogen and oxygen atoms in total. The first-order valence-corrected chi connectivity index (χ1v) is 10.7. The van der Waals surface area contributed by atoms with Gasteiger partial charge in [0.05, 0.1) is 22.7 Å². The van der Waals surface area contributed by atoms with Crippen LogP contribution in [0.4, 0.5) is 0 Å². The number of ether oxygens (including phenoxy) is 2. The van der Waals surface area contributed by atoms with Gasteiger partial charge in [-0.25, -0.2) is 0 Å². The molecule has 0 amide bonds. The molecule has 0 saturated heterocycles. The summed E-state index contributed by atoms with van der Waals surface area (Å²) in [6.07, 6.45) is 1.82. The monoisotopic (exact) mass is 481 g/mol. The van der Waals surface area contributed by atoms with Crippen LogP contribution in [-0.2, 0) is 6.61 Å². The smallest absolute Gasteiger partial charge is 0.175 e. The van der Waals surface area contributed by atoms with Crippen molar-refractivity contribution in [3.63, 3.8) is 0 Å². The average molecular weight is 483 g/mol. The van der Waals surface area contributed by atoms with Crippen molar-refractivity contribution in [3.05, 3.63) is 92.4 Å². The molecule has 0 saturated carbocycles. The molecule has 3 rings (SSSR count). The summed E-state index contributed by atoms with van der Waals surface area (Å²) in [6, 6.07) is 21.5. The number of hydrogen-bond acceptors (Lipinski definition) is 3. The van der Waals surface area contributed by atoms with E-state index < -0.39 is 0 Å². The molecule has 0 aliphatic heterocycles. The standard InChI is InChI=1S/C25H21BrClNO2/c1-3-29-24-14-19(12-21(15-28)20-8-10-22(27)11-9-20)13-23(26)25(24)30-16-18-6-4-17(2)5-7-18/h4-14H,3,16H2,1-2H3/b21-12+. The van der Waals surface area contributed by atoms with Crippen molar-refractivity contribution in [1.29, 1.82) is 5.26 Å². The van der Waals surface area contributed by atoms with E-state index in [4.69, 9.17) is 21.1 Å². The molecule has 0 fully saturated rings. The summed E-state index contributed by atoms with van der Waals surface area (Å²) in [5.41, 5.74) is 4.46. The zero-order valence-corrected chi connectivity index (χ0v) is 19.1. The molecule has 3 aromatic carbocycles. The zero-order chi connectivity index (χ0) is 21.5. The van der Waals surface area contributed by atoms with Gasteiger partial charge in [0, 0.05) is 5.02 Å². The van der Waals surface area contributed by atoms with Gasteiger partial charge >= 0.3 is 0 Å². The number of nitriles is 1. The first-order valence-electron chi connectivity index (χ1n) is 9.52. The number of halogens is 2. The average Bonchev–Trinajstić information content (AvgIpc) is 2.73. The minimum absolute atomic E-state index is 0.433. The quantitative estimate of drug-likeness (QED) is 0.259. The van der Waals surface area contributed by atoms with Gasteiger partial charge in [-0.2, -0.15) is 5.26 Å². The van der Waals surface area contributed by atoms with Crippen LogP contribution in [0.25, 0.3) is 11.6 Å². The van der Waals surface area contributed by atoms with Crippen LogP contribution in [0.5, 0.6) is 11.5 Å². The highest BCUT2D eigenvalue weighted by Gasteiger charge is 2.13. The topological polar surface area (TPSA) is 42.2 Å². The molecule has 0 aromatic heterocycles. The van der Waals surface area contributed by atoms with Crippen LogP contribution in [0, 0.1) is 18.3 Å². The second kappa shape index (κ2) is 10.3. The Morgan fingerprint density at radius 1 is 1.07 bits per heavy atom. The summed E-state index contributed by atoms with van der Waals surface area (Å²) in [5, 5.41) is 10.2. The van der Waals surface area contributed by atoms with Crippen molar-refractivity contribution in [1.82, 2.24) is 0 Å². The van der Waals surface area contributed by atoms with Crippen molar-refractivity contribution in [2.45, 2.75) is 20.5 Å². The molecule has 0 N–H and O–H groups in total. The fraction of sp³-hybridized carbons (Fsp3) is 0.160. The SMILES string of the molecule is CCOc1cc(/C=C(\C#N)c2ccc(Cl)cc2)cc(Br)c1OCc1ccc(C)cc1. The Hall–Kier alpha value is -2.74. The molecule has 0 spiro atoms. The number of benzene rings is 3. The van der Waals surface area contributed by atoms with Crippen molar-refractivity contribution < 1.29 is 9.47 Å². The summed E-state index contributed by atoms with van der Waals surface area (Å²) < 4.78 is 12.6. The van der Waals surface area contributed by atoms with Crippen molar-refractivity contribution in [2.24, 2.45) is 0 Å². The molecule has 0 radical (unpaired) electrons. The number of allylic oxidation sites excluding steroid dienone is 1. The third-order valence-electron chi connectivity index (χ3n) is 4.42. The first-order chi connectivity index (χ1) is 14.5. The van der Waals surface area contributed by atoms with Crippen molar-refractivity contribution in [3.8, 4) is 17.6 Å². The Kier molecular flexibility index (Phi) is 7.57. The summed E-state index contributed by atoms with van der Waals surface area (Å²) in [4.78, 5) is 0. The predicted octanol–water partition coefficient (Wildman–Crippen LogP) is 7.45. The van der Waals surface area contributed by atoms with Crippen LogP contribution in [0.1, 0.15) is 29.2 Å². The van der Waals surface area contributed by atoms with Gasteiger partial charge in [-0.05, 0) is 76.8 Å². The number of nitrogens with zero attached hydrogens (tertiary/aromatic N) is 1. The van der Waals surface area contributed by atoms with Gasteiger partial charge in [0.25, 0.3) is 0 Å². The Morgan fingerprint density at radius 3 is 2.40 bits per heavy atom. The van der Waals surface area contributed by atoms with Crippen LogP contribution in [0.3, 0.4) is 0 Å². The van der Waals surface area contributed by atoms with Gasteiger partial charge < -0.3 is 9.47 Å². The maximum Gasteiger partial charge on any atom is 0.175 e. The van der Waals surface area contributed by atoms with Crippen molar-refractivity contribution in [2.75, 3.05) is 6.61 Å². The molecule has 0 bridgehead atoms. The second-order valence-electron chi connectivity index (χ2n) is 6.71. The summed E-state index contributed by atoms with van der Waals surface area (Å²) >= 11 is 9.55. The maximum absolute atomic E-state index is 9.62. The Balaban J connectivity index is 1.90. The Labute approximate surface area is 190 Å². The van der Waals surface area contributed by atoms with Gasteiger partial charge in [-0.1, -0.05) is 53.6 Å². The Morgan fingerprint density at radius 2 is 1.77 bits per heavy atom. The molecular weight excluding hydrogens is 462 g/mol. The van der Waals surface area contributed by atoms with Crippen molar-refractivity contribution >= 4 is 39.2 Å². The van der Waals surface area contributed by atoms with E-state index in [1.807, 2.05) is 49.4 Å². The first kappa shape index (κ1) is 22.0. The van der Waals surface area contributed by atoms with Gasteiger partial charge in [-0.15, -0.1) is 0 Å². The van der Waals surface area contributed by atoms with Crippen LogP contribution in [0.2, 0.25) is 5.02 Å². The number of hydrogen-bond donors (Lipinski definition) is 0. The van der Waals surface area contributed by atoms with E-state index in [9.17, 15) is 5.26 Å². The molecule has 0 aliphatic carbocycles. The van der Waals surface area contributed by atoms with Gasteiger partial charge in [-0.3, -0.25) is 0 Å². The lowest BCUT2D eigenvalue weighted by Gasteiger charge is -2.15. The third-order valence-corrected chi connectivity index (χ3v) is 5.26. The van der Waals surface area contributed by atoms with Crippen LogP contribution in [-0.4, -0.2) is 6.61 Å². The van der Waals surface area contributed by atoms with E-state index in [2.05, 4.69) is 41.1 Å². The second-order valence-corrected chi connectivity index (χ2v) is 8.00. The summed E-state index contributed by atoms with van der Waals surface area (Å²) in [7, 11) is 0. The van der Waals surface area contributed by atoms with E-state index in [0.29, 0.717) is 35.3 Å². The number of rotatable bonds is 7. The molecule has 0 atom stereocenters. The molecule has 3 aromatic rings. The normalized spacial score (nSPS) is 11.1. The van der Waals surface area contributed by atoms with E-state index in [-0.39, 0.29) is 0 Å². The largest absolute Gasteiger partial charge is 0.490 e. The van der Waals surface area contributed by atoms with Crippen LogP contribution < -0.4 is 9.47 Å². The lowest BCUT2D eigenvalue weighted by atomic mass is 10.0. The lowest BCUT2D eigenvalue weighted by Crippen LogP contribution is -2.01. The molecule has 5 heteroatoms. The van der Waals surface area contributed by atoms with Gasteiger partial charge in [0.15, 0.2) is 11.5 Å². The van der Waals surface area contributed by atoms with Crippen LogP contribution in [0.15, 0.2) is 65.1 Å². The van der Waals surface area contributed by atoms with E-state index in [0.717, 1.165) is 21.2 Å². The predicted molar refractivity (Wildman–Crippen MR) is 126 cm³/mol. The van der Waals surface area contributed by atoms with Gasteiger partial charge in [0.2, 0.25) is 0 Å². The summed E-state index contributed by atoms with van der Waals surface area (Å²) in [5.74, 6) is 1.26. The van der Waals surface area contributed by atoms with E-state index in [1.54, 1.807) is 12.1 Å². The van der Waals surface area contributed by atoms with E-state index >= 15 is 0 Å². The molecule has 0 aliphatic rings. The third kappa shape index (κ3) is 5.66. The fourth-order valence-corrected chi connectivity index (χ4v) is 3.59. The minimum atomic E-state index is 0.433. The minimum Gasteiger partial charge on any atom is -0.490 e. The number of aryl methyl sites for hydroxylation is 1. The summed E-state index contributed by atoms with van der Waals surface area (Å²) in [6.45, 7) is 4.92.